The molecule has 0 spiro atoms. The number of benzene rings is 2. The second-order valence-corrected chi connectivity index (χ2v) is 7.60. The number of aromatic nitrogens is 1. The first-order chi connectivity index (χ1) is 13.3. The first-order valence-electron chi connectivity index (χ1n) is 8.41. The molecule has 28 heavy (non-hydrogen) atoms. The van der Waals surface area contributed by atoms with Gasteiger partial charge in [0.2, 0.25) is 5.78 Å². The molecule has 1 unspecified atom stereocenters. The van der Waals surface area contributed by atoms with Crippen molar-refractivity contribution in [3.05, 3.63) is 88.7 Å². The minimum absolute atomic E-state index is 0.118. The van der Waals surface area contributed by atoms with Gasteiger partial charge in [-0.05, 0) is 29.8 Å². The lowest BCUT2D eigenvalue weighted by molar-refractivity contribution is 0.103. The smallest absolute Gasteiger partial charge is 0.296 e. The van der Waals surface area contributed by atoms with Crippen molar-refractivity contribution in [2.24, 2.45) is 5.14 Å². The number of carbonyl (C=O) groups excluding carboxylic acids is 1. The van der Waals surface area contributed by atoms with Gasteiger partial charge in [-0.2, -0.15) is 13.7 Å². The molecule has 1 heterocycles. The molecule has 0 radical (unpaired) electrons. The van der Waals surface area contributed by atoms with Gasteiger partial charge < -0.3 is 4.98 Å². The van der Waals surface area contributed by atoms with Gasteiger partial charge in [0.25, 0.3) is 10.2 Å². The highest BCUT2D eigenvalue weighted by atomic mass is 32.2. The molecule has 142 valence electrons. The van der Waals surface area contributed by atoms with Crippen molar-refractivity contribution in [2.45, 2.75) is 12.8 Å². The summed E-state index contributed by atoms with van der Waals surface area (Å²) in [6.45, 7) is 1.89. The van der Waals surface area contributed by atoms with Crippen LogP contribution < -0.4 is 9.86 Å². The molecule has 2 aromatic carbocycles. The molecule has 3 rings (SSSR count). The minimum Gasteiger partial charge on any atom is -0.355 e. The molecule has 0 amide bonds. The fraction of sp³-hybridized carbons (Fsp3) is 0.100. The second kappa shape index (κ2) is 7.68. The lowest BCUT2D eigenvalue weighted by Crippen LogP contribution is -2.21. The van der Waals surface area contributed by atoms with Crippen LogP contribution in [-0.2, 0) is 10.2 Å². The summed E-state index contributed by atoms with van der Waals surface area (Å²) in [6, 6.07) is 19.2. The summed E-state index contributed by atoms with van der Waals surface area (Å²) in [6.07, 6.45) is 0. The third kappa shape index (κ3) is 4.28. The molecule has 0 saturated carbocycles. The van der Waals surface area contributed by atoms with Crippen molar-refractivity contribution in [1.82, 2.24) is 4.98 Å². The minimum atomic E-state index is -3.92. The van der Waals surface area contributed by atoms with Gasteiger partial charge in [0.1, 0.15) is 0 Å². The number of rotatable bonds is 6. The molecule has 0 fully saturated rings. The fourth-order valence-electron chi connectivity index (χ4n) is 2.97. The molecule has 1 atom stereocenters. The summed E-state index contributed by atoms with van der Waals surface area (Å²) in [5.41, 5.74) is 3.03. The number of hydrogen-bond acceptors (Lipinski definition) is 4. The SMILES string of the molecule is CC(c1ccc(C(=O)c2ccccc2)[nH]1)c1ccc(NS(N)(=O)=O)cc1C#N. The van der Waals surface area contributed by atoms with Gasteiger partial charge in [-0.15, -0.1) is 0 Å². The zero-order valence-corrected chi connectivity index (χ0v) is 15.8. The third-order valence-electron chi connectivity index (χ3n) is 4.36. The van der Waals surface area contributed by atoms with E-state index in [9.17, 15) is 18.5 Å². The Hall–Kier alpha value is -3.41. The monoisotopic (exact) mass is 394 g/mol. The van der Waals surface area contributed by atoms with Crippen LogP contribution in [0.4, 0.5) is 5.69 Å². The van der Waals surface area contributed by atoms with Crippen LogP contribution >= 0.6 is 0 Å². The lowest BCUT2D eigenvalue weighted by atomic mass is 9.93. The van der Waals surface area contributed by atoms with E-state index in [2.05, 4.69) is 15.8 Å². The van der Waals surface area contributed by atoms with Crippen molar-refractivity contribution in [3.8, 4) is 6.07 Å². The first kappa shape index (κ1) is 19.4. The Bertz CT molecular complexity index is 1160. The number of nitrogens with two attached hydrogens (primary N) is 1. The van der Waals surface area contributed by atoms with Gasteiger partial charge >= 0.3 is 0 Å². The summed E-state index contributed by atoms with van der Waals surface area (Å²) in [5.74, 6) is -0.331. The highest BCUT2D eigenvalue weighted by Crippen LogP contribution is 2.28. The van der Waals surface area contributed by atoms with Crippen LogP contribution in [0.3, 0.4) is 0 Å². The number of hydrogen-bond donors (Lipinski definition) is 3. The van der Waals surface area contributed by atoms with E-state index < -0.39 is 10.2 Å². The third-order valence-corrected chi connectivity index (χ3v) is 4.88. The van der Waals surface area contributed by atoms with Crippen LogP contribution in [0.15, 0.2) is 60.7 Å². The van der Waals surface area contributed by atoms with Gasteiger partial charge in [0.15, 0.2) is 0 Å². The summed E-state index contributed by atoms with van der Waals surface area (Å²) >= 11 is 0. The van der Waals surface area contributed by atoms with E-state index in [1.165, 1.54) is 12.1 Å². The number of anilines is 1. The number of nitrogens with one attached hydrogen (secondary N) is 2. The van der Waals surface area contributed by atoms with Crippen LogP contribution in [0, 0.1) is 11.3 Å². The van der Waals surface area contributed by atoms with Gasteiger partial charge in [-0.25, -0.2) is 5.14 Å². The number of nitrogens with zero attached hydrogens (tertiary/aromatic N) is 1. The van der Waals surface area contributed by atoms with Crippen molar-refractivity contribution >= 4 is 21.7 Å². The van der Waals surface area contributed by atoms with Crippen molar-refractivity contribution < 1.29 is 13.2 Å². The molecule has 8 heteroatoms. The van der Waals surface area contributed by atoms with Gasteiger partial charge in [-0.3, -0.25) is 9.52 Å². The van der Waals surface area contributed by atoms with Gasteiger partial charge in [-0.1, -0.05) is 43.3 Å². The van der Waals surface area contributed by atoms with Crippen LogP contribution in [0.5, 0.6) is 0 Å². The molecule has 4 N–H and O–H groups in total. The second-order valence-electron chi connectivity index (χ2n) is 6.31. The van der Waals surface area contributed by atoms with Crippen molar-refractivity contribution in [3.63, 3.8) is 0 Å². The number of nitriles is 1. The Morgan fingerprint density at radius 3 is 2.50 bits per heavy atom. The Kier molecular flexibility index (Phi) is 5.31. The number of H-pyrrole nitrogens is 1. The maximum absolute atomic E-state index is 12.6. The summed E-state index contributed by atoms with van der Waals surface area (Å²) < 4.78 is 24.5. The van der Waals surface area contributed by atoms with Crippen LogP contribution in [0.2, 0.25) is 0 Å². The Labute approximate surface area is 163 Å². The number of aromatic amines is 1. The predicted octanol–water partition coefficient (Wildman–Crippen LogP) is 2.88. The molecule has 0 aliphatic heterocycles. The molecular weight excluding hydrogens is 376 g/mol. The van der Waals surface area contributed by atoms with E-state index in [1.807, 2.05) is 13.0 Å². The maximum Gasteiger partial charge on any atom is 0.296 e. The van der Waals surface area contributed by atoms with E-state index >= 15 is 0 Å². The van der Waals surface area contributed by atoms with E-state index in [1.54, 1.807) is 42.5 Å². The first-order valence-corrected chi connectivity index (χ1v) is 9.96. The Morgan fingerprint density at radius 2 is 1.86 bits per heavy atom. The molecular formula is C20H18N4O3S. The molecule has 1 aromatic heterocycles. The number of ketones is 1. The standard InChI is InChI=1S/C20H18N4O3S/c1-13(17-8-7-16(11-15(17)12-21)24-28(22,26)27)18-9-10-19(23-18)20(25)14-5-3-2-4-6-14/h2-11,13,23-24H,1H3,(H2,22,26,27). The normalized spacial score (nSPS) is 12.2. The van der Waals surface area contributed by atoms with E-state index in [0.29, 0.717) is 22.4 Å². The quantitative estimate of drug-likeness (QED) is 0.555. The molecule has 0 aliphatic rings. The van der Waals surface area contributed by atoms with E-state index in [-0.39, 0.29) is 17.4 Å². The number of carbonyl (C=O) groups is 1. The van der Waals surface area contributed by atoms with Crippen LogP contribution in [-0.4, -0.2) is 19.2 Å². The van der Waals surface area contributed by atoms with Crippen LogP contribution in [0.25, 0.3) is 0 Å². The maximum atomic E-state index is 12.6. The van der Waals surface area contributed by atoms with E-state index in [0.717, 1.165) is 5.69 Å². The van der Waals surface area contributed by atoms with Gasteiger partial charge in [0.05, 0.1) is 23.0 Å². The summed E-state index contributed by atoms with van der Waals surface area (Å²) in [5, 5.41) is 14.4. The van der Waals surface area contributed by atoms with Gasteiger partial charge in [0, 0.05) is 17.2 Å². The van der Waals surface area contributed by atoms with Crippen molar-refractivity contribution in [2.75, 3.05) is 4.72 Å². The van der Waals surface area contributed by atoms with Crippen molar-refractivity contribution in [1.29, 1.82) is 5.26 Å². The molecule has 3 aromatic rings. The topological polar surface area (TPSA) is 129 Å². The lowest BCUT2D eigenvalue weighted by Gasteiger charge is -2.14. The molecule has 7 nitrogen and oxygen atoms in total. The zero-order chi connectivity index (χ0) is 20.3. The zero-order valence-electron chi connectivity index (χ0n) is 15.0. The molecule has 0 saturated heterocycles. The Morgan fingerprint density at radius 1 is 1.14 bits per heavy atom. The fourth-order valence-corrected chi connectivity index (χ4v) is 3.42. The summed E-state index contributed by atoms with van der Waals surface area (Å²) in [4.78, 5) is 15.7. The van der Waals surface area contributed by atoms with Crippen LogP contribution in [0.1, 0.15) is 45.7 Å². The predicted molar refractivity (Wildman–Crippen MR) is 106 cm³/mol. The highest BCUT2D eigenvalue weighted by molar-refractivity contribution is 7.90. The average molecular weight is 394 g/mol. The largest absolute Gasteiger partial charge is 0.355 e. The molecule has 0 bridgehead atoms. The summed E-state index contributed by atoms with van der Waals surface area (Å²) in [7, 11) is -3.92. The Balaban J connectivity index is 1.89. The average Bonchev–Trinajstić information content (AvgIpc) is 3.16. The highest BCUT2D eigenvalue weighted by Gasteiger charge is 2.18. The molecule has 0 aliphatic carbocycles. The van der Waals surface area contributed by atoms with E-state index in [4.69, 9.17) is 5.14 Å².